The minimum absolute atomic E-state index is 0.00241. The molecule has 1 aromatic rings. The van der Waals surface area contributed by atoms with Gasteiger partial charge in [-0.3, -0.25) is 4.79 Å². The molecule has 0 amide bonds. The fourth-order valence-corrected chi connectivity index (χ4v) is 1.43. The van der Waals surface area contributed by atoms with Gasteiger partial charge >= 0.3 is 12.1 Å². The summed E-state index contributed by atoms with van der Waals surface area (Å²) in [5, 5.41) is 8.48. The van der Waals surface area contributed by atoms with Crippen molar-refractivity contribution >= 4 is 11.5 Å². The Bertz CT molecular complexity index is 436. The minimum Gasteiger partial charge on any atom is -0.481 e. The molecular formula is C12H11F3O2. The zero-order valence-electron chi connectivity index (χ0n) is 8.92. The third-order valence-corrected chi connectivity index (χ3v) is 2.25. The Morgan fingerprint density at radius 1 is 1.24 bits per heavy atom. The summed E-state index contributed by atoms with van der Waals surface area (Å²) in [6.07, 6.45) is -4.68. The summed E-state index contributed by atoms with van der Waals surface area (Å²) in [6, 6.07) is 5.02. The topological polar surface area (TPSA) is 37.3 Å². The van der Waals surface area contributed by atoms with Crippen molar-refractivity contribution in [3.63, 3.8) is 0 Å². The second kappa shape index (κ2) is 5.03. The fraction of sp³-hybridized carbons (Fsp3) is 0.250. The van der Waals surface area contributed by atoms with E-state index in [1.54, 1.807) is 0 Å². The number of alkyl halides is 3. The first-order valence-electron chi connectivity index (χ1n) is 4.88. The van der Waals surface area contributed by atoms with E-state index in [1.807, 2.05) is 0 Å². The van der Waals surface area contributed by atoms with Crippen molar-refractivity contribution in [3.05, 3.63) is 42.0 Å². The zero-order chi connectivity index (χ0) is 13.1. The Kier molecular flexibility index (Phi) is 3.93. The molecule has 1 rings (SSSR count). The number of rotatable bonds is 4. The van der Waals surface area contributed by atoms with Gasteiger partial charge in [0.15, 0.2) is 0 Å². The second-order valence-electron chi connectivity index (χ2n) is 3.54. The Morgan fingerprint density at radius 3 is 2.35 bits per heavy atom. The molecule has 2 nitrogen and oxygen atoms in total. The summed E-state index contributed by atoms with van der Waals surface area (Å²) in [7, 11) is 0. The molecule has 5 heteroatoms. The molecule has 0 bridgehead atoms. The van der Waals surface area contributed by atoms with Crippen LogP contribution in [0.25, 0.3) is 5.57 Å². The average Bonchev–Trinajstić information content (AvgIpc) is 2.24. The van der Waals surface area contributed by atoms with E-state index in [0.29, 0.717) is 0 Å². The van der Waals surface area contributed by atoms with E-state index < -0.39 is 17.7 Å². The van der Waals surface area contributed by atoms with E-state index in [-0.39, 0.29) is 24.0 Å². The third kappa shape index (κ3) is 3.62. The summed E-state index contributed by atoms with van der Waals surface area (Å²) in [5.41, 5.74) is -0.642. The molecule has 1 aromatic carbocycles. The van der Waals surface area contributed by atoms with Crippen LogP contribution in [0.1, 0.15) is 24.0 Å². The molecule has 0 saturated heterocycles. The maximum Gasteiger partial charge on any atom is 0.416 e. The molecule has 0 unspecified atom stereocenters. The number of benzene rings is 1. The van der Waals surface area contributed by atoms with Crippen LogP contribution in [0, 0.1) is 0 Å². The van der Waals surface area contributed by atoms with E-state index >= 15 is 0 Å². The lowest BCUT2D eigenvalue weighted by Crippen LogP contribution is -2.08. The summed E-state index contributed by atoms with van der Waals surface area (Å²) in [4.78, 5) is 10.4. The molecule has 0 aliphatic heterocycles. The number of hydrogen-bond donors (Lipinski definition) is 1. The smallest absolute Gasteiger partial charge is 0.416 e. The number of carboxylic acid groups (broad SMARTS) is 1. The van der Waals surface area contributed by atoms with Gasteiger partial charge in [-0.15, -0.1) is 0 Å². The second-order valence-corrected chi connectivity index (χ2v) is 3.54. The van der Waals surface area contributed by atoms with Crippen LogP contribution in [0.5, 0.6) is 0 Å². The van der Waals surface area contributed by atoms with Crippen molar-refractivity contribution < 1.29 is 23.1 Å². The monoisotopic (exact) mass is 244 g/mol. The maximum absolute atomic E-state index is 12.7. The van der Waals surface area contributed by atoms with Crippen molar-refractivity contribution in [2.75, 3.05) is 0 Å². The highest BCUT2D eigenvalue weighted by molar-refractivity contribution is 5.73. The SMILES string of the molecule is C=C(CCC(=O)O)c1ccccc1C(F)(F)F. The van der Waals surface area contributed by atoms with Crippen LogP contribution in [0.2, 0.25) is 0 Å². The first-order chi connectivity index (χ1) is 7.82. The molecule has 0 fully saturated rings. The molecule has 0 aliphatic carbocycles. The molecule has 1 N–H and O–H groups in total. The van der Waals surface area contributed by atoms with E-state index in [0.717, 1.165) is 6.07 Å². The molecule has 0 aromatic heterocycles. The molecule has 0 atom stereocenters. The normalized spacial score (nSPS) is 11.2. The van der Waals surface area contributed by atoms with Crippen molar-refractivity contribution in [1.29, 1.82) is 0 Å². The molecule has 0 saturated carbocycles. The van der Waals surface area contributed by atoms with Crippen LogP contribution in [-0.2, 0) is 11.0 Å². The molecule has 0 aliphatic rings. The fourth-order valence-electron chi connectivity index (χ4n) is 1.43. The Balaban J connectivity index is 2.98. The van der Waals surface area contributed by atoms with Gasteiger partial charge < -0.3 is 5.11 Å². The van der Waals surface area contributed by atoms with E-state index in [9.17, 15) is 18.0 Å². The van der Waals surface area contributed by atoms with Crippen molar-refractivity contribution in [3.8, 4) is 0 Å². The van der Waals surface area contributed by atoms with Crippen LogP contribution >= 0.6 is 0 Å². The summed E-state index contributed by atoms with van der Waals surface area (Å²) < 4.78 is 38.0. The molecule has 0 spiro atoms. The lowest BCUT2D eigenvalue weighted by molar-refractivity contribution is -0.138. The van der Waals surface area contributed by atoms with Gasteiger partial charge in [-0.05, 0) is 23.6 Å². The highest BCUT2D eigenvalue weighted by Crippen LogP contribution is 2.35. The number of aliphatic carboxylic acids is 1. The van der Waals surface area contributed by atoms with Crippen LogP contribution in [0.4, 0.5) is 13.2 Å². The zero-order valence-corrected chi connectivity index (χ0v) is 8.92. The number of carbonyl (C=O) groups is 1. The minimum atomic E-state index is -4.46. The van der Waals surface area contributed by atoms with Crippen molar-refractivity contribution in [2.24, 2.45) is 0 Å². The maximum atomic E-state index is 12.7. The van der Waals surface area contributed by atoms with Crippen LogP contribution in [-0.4, -0.2) is 11.1 Å². The molecule has 92 valence electrons. The number of hydrogen-bond acceptors (Lipinski definition) is 1. The van der Waals surface area contributed by atoms with Gasteiger partial charge in [0.25, 0.3) is 0 Å². The quantitative estimate of drug-likeness (QED) is 0.878. The van der Waals surface area contributed by atoms with E-state index in [2.05, 4.69) is 6.58 Å². The lowest BCUT2D eigenvalue weighted by atomic mass is 9.97. The van der Waals surface area contributed by atoms with Crippen LogP contribution in [0.3, 0.4) is 0 Å². The largest absolute Gasteiger partial charge is 0.481 e. The first kappa shape index (κ1) is 13.3. The van der Waals surface area contributed by atoms with Gasteiger partial charge in [0.05, 0.1) is 5.56 Å². The molecule has 17 heavy (non-hydrogen) atoms. The third-order valence-electron chi connectivity index (χ3n) is 2.25. The highest BCUT2D eigenvalue weighted by Gasteiger charge is 2.33. The van der Waals surface area contributed by atoms with Gasteiger partial charge in [-0.1, -0.05) is 24.8 Å². The number of halogens is 3. The van der Waals surface area contributed by atoms with Gasteiger partial charge in [0.1, 0.15) is 0 Å². The van der Waals surface area contributed by atoms with E-state index in [1.165, 1.54) is 18.2 Å². The standard InChI is InChI=1S/C12H11F3O2/c1-8(6-7-11(16)17)9-4-2-3-5-10(9)12(13,14)15/h2-5H,1,6-7H2,(H,16,17). The lowest BCUT2D eigenvalue weighted by Gasteiger charge is -2.13. The highest BCUT2D eigenvalue weighted by atomic mass is 19.4. The van der Waals surface area contributed by atoms with Gasteiger partial charge in [0, 0.05) is 6.42 Å². The predicted octanol–water partition coefficient (Wildman–Crippen LogP) is 3.58. The van der Waals surface area contributed by atoms with Gasteiger partial charge in [-0.2, -0.15) is 13.2 Å². The molecular weight excluding hydrogens is 233 g/mol. The first-order valence-corrected chi connectivity index (χ1v) is 4.88. The Morgan fingerprint density at radius 2 is 1.82 bits per heavy atom. The van der Waals surface area contributed by atoms with E-state index in [4.69, 9.17) is 5.11 Å². The predicted molar refractivity (Wildman–Crippen MR) is 57.3 cm³/mol. The number of carboxylic acids is 1. The summed E-state index contributed by atoms with van der Waals surface area (Å²) in [6.45, 7) is 3.51. The van der Waals surface area contributed by atoms with Gasteiger partial charge in [0.2, 0.25) is 0 Å². The van der Waals surface area contributed by atoms with Crippen molar-refractivity contribution in [1.82, 2.24) is 0 Å². The summed E-state index contributed by atoms with van der Waals surface area (Å²) >= 11 is 0. The summed E-state index contributed by atoms with van der Waals surface area (Å²) in [5.74, 6) is -1.06. The Hall–Kier alpha value is -1.78. The van der Waals surface area contributed by atoms with Crippen molar-refractivity contribution in [2.45, 2.75) is 19.0 Å². The molecule has 0 heterocycles. The van der Waals surface area contributed by atoms with Crippen LogP contribution < -0.4 is 0 Å². The number of allylic oxidation sites excluding steroid dienone is 1. The molecule has 0 radical (unpaired) electrons. The average molecular weight is 244 g/mol. The van der Waals surface area contributed by atoms with Gasteiger partial charge in [-0.25, -0.2) is 0 Å². The van der Waals surface area contributed by atoms with Crippen LogP contribution in [0.15, 0.2) is 30.8 Å². The Labute approximate surface area is 96.4 Å².